The van der Waals surface area contributed by atoms with Crippen molar-refractivity contribution in [2.24, 2.45) is 0 Å². The topological polar surface area (TPSA) is 38.7 Å². The SMILES string of the molecule is COc1ccc(C(O)CBr)cc1OC. The van der Waals surface area contributed by atoms with Gasteiger partial charge in [0.1, 0.15) is 0 Å². The lowest BCUT2D eigenvalue weighted by molar-refractivity contribution is 0.204. The van der Waals surface area contributed by atoms with Gasteiger partial charge in [-0.3, -0.25) is 0 Å². The van der Waals surface area contributed by atoms with Gasteiger partial charge in [-0.15, -0.1) is 0 Å². The van der Waals surface area contributed by atoms with E-state index in [0.717, 1.165) is 5.56 Å². The smallest absolute Gasteiger partial charge is 0.161 e. The highest BCUT2D eigenvalue weighted by Crippen LogP contribution is 2.30. The number of hydrogen-bond donors (Lipinski definition) is 1. The van der Waals surface area contributed by atoms with Crippen molar-refractivity contribution in [1.82, 2.24) is 0 Å². The maximum absolute atomic E-state index is 9.57. The van der Waals surface area contributed by atoms with Crippen LogP contribution in [0.2, 0.25) is 0 Å². The molecule has 0 bridgehead atoms. The van der Waals surface area contributed by atoms with Crippen molar-refractivity contribution >= 4 is 15.9 Å². The molecule has 1 atom stereocenters. The molecule has 0 fully saturated rings. The fourth-order valence-corrected chi connectivity index (χ4v) is 1.52. The minimum atomic E-state index is -0.519. The van der Waals surface area contributed by atoms with Gasteiger partial charge in [0.2, 0.25) is 0 Å². The number of alkyl halides is 1. The van der Waals surface area contributed by atoms with Crippen molar-refractivity contribution in [2.45, 2.75) is 6.10 Å². The second-order valence-corrected chi connectivity index (χ2v) is 3.43. The van der Waals surface area contributed by atoms with Crippen LogP contribution in [0.25, 0.3) is 0 Å². The Kier molecular flexibility index (Phi) is 4.22. The summed E-state index contributed by atoms with van der Waals surface area (Å²) in [6, 6.07) is 5.36. The fraction of sp³-hybridized carbons (Fsp3) is 0.400. The maximum atomic E-state index is 9.57. The van der Waals surface area contributed by atoms with E-state index in [2.05, 4.69) is 15.9 Å². The molecular formula is C10H13BrO3. The molecule has 0 saturated carbocycles. The molecule has 0 aliphatic heterocycles. The van der Waals surface area contributed by atoms with Crippen molar-refractivity contribution in [3.8, 4) is 11.5 Å². The zero-order chi connectivity index (χ0) is 10.6. The molecule has 0 amide bonds. The molecule has 0 heterocycles. The Hall–Kier alpha value is -0.740. The van der Waals surface area contributed by atoms with Crippen LogP contribution < -0.4 is 9.47 Å². The average molecular weight is 261 g/mol. The van der Waals surface area contributed by atoms with E-state index in [1.807, 2.05) is 6.07 Å². The number of halogens is 1. The fourth-order valence-electron chi connectivity index (χ4n) is 1.15. The van der Waals surface area contributed by atoms with Crippen LogP contribution in [-0.2, 0) is 0 Å². The standard InChI is InChI=1S/C10H13BrO3/c1-13-9-4-3-7(8(12)6-11)5-10(9)14-2/h3-5,8,12H,6H2,1-2H3. The summed E-state index contributed by atoms with van der Waals surface area (Å²) in [6.45, 7) is 0. The van der Waals surface area contributed by atoms with E-state index in [-0.39, 0.29) is 0 Å². The summed E-state index contributed by atoms with van der Waals surface area (Å²) in [4.78, 5) is 0. The van der Waals surface area contributed by atoms with Gasteiger partial charge in [0, 0.05) is 5.33 Å². The van der Waals surface area contributed by atoms with Crippen LogP contribution in [0.1, 0.15) is 11.7 Å². The van der Waals surface area contributed by atoms with E-state index in [9.17, 15) is 5.11 Å². The molecule has 1 aromatic rings. The summed E-state index contributed by atoms with van der Waals surface area (Å²) in [7, 11) is 3.15. The molecule has 1 N–H and O–H groups in total. The Morgan fingerprint density at radius 2 is 1.93 bits per heavy atom. The second-order valence-electron chi connectivity index (χ2n) is 2.78. The van der Waals surface area contributed by atoms with Crippen LogP contribution in [0.5, 0.6) is 11.5 Å². The van der Waals surface area contributed by atoms with Crippen molar-refractivity contribution < 1.29 is 14.6 Å². The molecule has 4 heteroatoms. The maximum Gasteiger partial charge on any atom is 0.161 e. The van der Waals surface area contributed by atoms with E-state index in [1.165, 1.54) is 0 Å². The first kappa shape index (κ1) is 11.3. The van der Waals surface area contributed by atoms with Crippen LogP contribution >= 0.6 is 15.9 Å². The first-order valence-corrected chi connectivity index (χ1v) is 5.31. The van der Waals surface area contributed by atoms with E-state index in [1.54, 1.807) is 26.4 Å². The number of methoxy groups -OCH3 is 2. The second kappa shape index (κ2) is 5.22. The number of ether oxygens (including phenoxy) is 2. The summed E-state index contributed by atoms with van der Waals surface area (Å²) < 4.78 is 10.2. The van der Waals surface area contributed by atoms with Crippen LogP contribution in [0, 0.1) is 0 Å². The molecule has 0 saturated heterocycles. The highest BCUT2D eigenvalue weighted by molar-refractivity contribution is 9.09. The van der Waals surface area contributed by atoms with Gasteiger partial charge in [-0.05, 0) is 17.7 Å². The molecule has 0 radical (unpaired) electrons. The Labute approximate surface area is 91.8 Å². The third kappa shape index (κ3) is 2.39. The summed E-state index contributed by atoms with van der Waals surface area (Å²) >= 11 is 3.21. The zero-order valence-corrected chi connectivity index (χ0v) is 9.74. The van der Waals surface area contributed by atoms with Gasteiger partial charge in [0.25, 0.3) is 0 Å². The minimum absolute atomic E-state index is 0.502. The number of benzene rings is 1. The van der Waals surface area contributed by atoms with E-state index >= 15 is 0 Å². The molecule has 0 aromatic heterocycles. The van der Waals surface area contributed by atoms with Crippen molar-refractivity contribution in [3.05, 3.63) is 23.8 Å². The van der Waals surface area contributed by atoms with E-state index in [4.69, 9.17) is 9.47 Å². The van der Waals surface area contributed by atoms with Gasteiger partial charge in [-0.25, -0.2) is 0 Å². The quantitative estimate of drug-likeness (QED) is 0.844. The van der Waals surface area contributed by atoms with Crippen LogP contribution in [0.4, 0.5) is 0 Å². The Morgan fingerprint density at radius 3 is 2.43 bits per heavy atom. The third-order valence-corrected chi connectivity index (χ3v) is 2.55. The Morgan fingerprint density at radius 1 is 1.29 bits per heavy atom. The summed E-state index contributed by atoms with van der Waals surface area (Å²) in [6.07, 6.45) is -0.519. The molecule has 78 valence electrons. The van der Waals surface area contributed by atoms with Gasteiger partial charge in [-0.2, -0.15) is 0 Å². The van der Waals surface area contributed by atoms with Gasteiger partial charge >= 0.3 is 0 Å². The van der Waals surface area contributed by atoms with Crippen molar-refractivity contribution in [3.63, 3.8) is 0 Å². The van der Waals surface area contributed by atoms with E-state index < -0.39 is 6.10 Å². The number of aliphatic hydroxyl groups excluding tert-OH is 1. The molecule has 0 aliphatic rings. The predicted molar refractivity (Wildman–Crippen MR) is 58.3 cm³/mol. The van der Waals surface area contributed by atoms with Crippen LogP contribution in [0.15, 0.2) is 18.2 Å². The molecule has 0 aliphatic carbocycles. The van der Waals surface area contributed by atoms with Crippen LogP contribution in [0.3, 0.4) is 0 Å². The lowest BCUT2D eigenvalue weighted by Crippen LogP contribution is -1.99. The number of hydrogen-bond acceptors (Lipinski definition) is 3. The number of aliphatic hydroxyl groups is 1. The predicted octanol–water partition coefficient (Wildman–Crippen LogP) is 2.13. The summed E-state index contributed by atoms with van der Waals surface area (Å²) in [5.74, 6) is 1.29. The largest absolute Gasteiger partial charge is 0.493 e. The highest BCUT2D eigenvalue weighted by atomic mass is 79.9. The first-order valence-electron chi connectivity index (χ1n) is 4.19. The summed E-state index contributed by atoms with van der Waals surface area (Å²) in [5.41, 5.74) is 0.805. The molecule has 14 heavy (non-hydrogen) atoms. The molecule has 1 unspecified atom stereocenters. The summed E-state index contributed by atoms with van der Waals surface area (Å²) in [5, 5.41) is 10.1. The third-order valence-electron chi connectivity index (χ3n) is 1.94. The molecule has 1 aromatic carbocycles. The lowest BCUT2D eigenvalue weighted by atomic mass is 10.1. The van der Waals surface area contributed by atoms with Gasteiger partial charge in [0.15, 0.2) is 11.5 Å². The zero-order valence-electron chi connectivity index (χ0n) is 8.16. The van der Waals surface area contributed by atoms with Crippen molar-refractivity contribution in [2.75, 3.05) is 19.5 Å². The number of rotatable bonds is 4. The first-order chi connectivity index (χ1) is 6.72. The Bertz CT molecular complexity index is 301. The van der Waals surface area contributed by atoms with Gasteiger partial charge < -0.3 is 14.6 Å². The van der Waals surface area contributed by atoms with Gasteiger partial charge in [0.05, 0.1) is 20.3 Å². The minimum Gasteiger partial charge on any atom is -0.493 e. The Balaban J connectivity index is 3.01. The molecule has 3 nitrogen and oxygen atoms in total. The lowest BCUT2D eigenvalue weighted by Gasteiger charge is -2.11. The van der Waals surface area contributed by atoms with Gasteiger partial charge in [-0.1, -0.05) is 22.0 Å². The highest BCUT2D eigenvalue weighted by Gasteiger charge is 2.09. The monoisotopic (exact) mass is 260 g/mol. The molecular weight excluding hydrogens is 248 g/mol. The van der Waals surface area contributed by atoms with Crippen LogP contribution in [-0.4, -0.2) is 24.7 Å². The molecule has 0 spiro atoms. The average Bonchev–Trinajstić information content (AvgIpc) is 2.26. The molecule has 1 rings (SSSR count). The normalized spacial score (nSPS) is 12.3. The van der Waals surface area contributed by atoms with Crippen molar-refractivity contribution in [1.29, 1.82) is 0 Å². The van der Waals surface area contributed by atoms with E-state index in [0.29, 0.717) is 16.8 Å².